The molecular weight excluding hydrogens is 260 g/mol. The average Bonchev–Trinajstić information content (AvgIpc) is 2.35. The van der Waals surface area contributed by atoms with Gasteiger partial charge in [-0.1, -0.05) is 17.7 Å². The molecular formula is C18H30N2O. The summed E-state index contributed by atoms with van der Waals surface area (Å²) >= 11 is 0. The fourth-order valence-corrected chi connectivity index (χ4v) is 3.76. The molecule has 0 spiro atoms. The van der Waals surface area contributed by atoms with E-state index in [1.165, 1.54) is 22.3 Å². The predicted octanol–water partition coefficient (Wildman–Crippen LogP) is 2.98. The lowest BCUT2D eigenvalue weighted by atomic mass is 9.93. The van der Waals surface area contributed by atoms with Gasteiger partial charge in [-0.05, 0) is 58.4 Å². The van der Waals surface area contributed by atoms with Crippen LogP contribution in [0.1, 0.15) is 42.1 Å². The quantitative estimate of drug-likeness (QED) is 0.922. The van der Waals surface area contributed by atoms with E-state index in [0.717, 1.165) is 19.6 Å². The molecule has 3 heteroatoms. The summed E-state index contributed by atoms with van der Waals surface area (Å²) in [5.74, 6) is 0. The molecule has 1 saturated heterocycles. The van der Waals surface area contributed by atoms with Crippen molar-refractivity contribution in [3.05, 3.63) is 34.4 Å². The van der Waals surface area contributed by atoms with Gasteiger partial charge in [0.2, 0.25) is 0 Å². The highest BCUT2D eigenvalue weighted by Crippen LogP contribution is 2.25. The number of rotatable bonds is 4. The lowest BCUT2D eigenvalue weighted by molar-refractivity contribution is -0.0698. The van der Waals surface area contributed by atoms with Crippen molar-refractivity contribution in [3.8, 4) is 0 Å². The maximum Gasteiger partial charge on any atom is 0.0678 e. The van der Waals surface area contributed by atoms with Crippen LogP contribution in [0.4, 0.5) is 0 Å². The number of nitrogens with zero attached hydrogens (tertiary/aromatic N) is 1. The van der Waals surface area contributed by atoms with Crippen LogP contribution in [0.15, 0.2) is 12.1 Å². The molecule has 1 N–H and O–H groups in total. The molecule has 0 bridgehead atoms. The molecule has 2 rings (SSSR count). The van der Waals surface area contributed by atoms with Gasteiger partial charge in [0.05, 0.1) is 12.2 Å². The zero-order valence-corrected chi connectivity index (χ0v) is 14.4. The number of hydrogen-bond donors (Lipinski definition) is 1. The van der Waals surface area contributed by atoms with Gasteiger partial charge in [-0.3, -0.25) is 4.90 Å². The first kappa shape index (κ1) is 16.5. The summed E-state index contributed by atoms with van der Waals surface area (Å²) in [4.78, 5) is 2.53. The van der Waals surface area contributed by atoms with Crippen LogP contribution in [-0.2, 0) is 4.74 Å². The first-order valence-electron chi connectivity index (χ1n) is 8.03. The molecule has 1 heterocycles. The van der Waals surface area contributed by atoms with E-state index in [4.69, 9.17) is 4.74 Å². The Bertz CT molecular complexity index is 453. The van der Waals surface area contributed by atoms with Gasteiger partial charge in [0.15, 0.2) is 0 Å². The van der Waals surface area contributed by atoms with E-state index in [9.17, 15) is 0 Å². The minimum atomic E-state index is 0.325. The maximum atomic E-state index is 5.84. The Morgan fingerprint density at radius 2 is 1.67 bits per heavy atom. The van der Waals surface area contributed by atoms with Crippen molar-refractivity contribution >= 4 is 0 Å². The number of likely N-dealkylation sites (N-methyl/N-ethyl adjacent to an activating group) is 1. The third-order valence-corrected chi connectivity index (χ3v) is 4.37. The lowest BCUT2D eigenvalue weighted by Crippen LogP contribution is -2.48. The first-order chi connectivity index (χ1) is 9.90. The summed E-state index contributed by atoms with van der Waals surface area (Å²) < 4.78 is 5.84. The van der Waals surface area contributed by atoms with E-state index in [0.29, 0.717) is 18.2 Å². The van der Waals surface area contributed by atoms with Crippen LogP contribution < -0.4 is 5.32 Å². The zero-order chi connectivity index (χ0) is 15.6. The summed E-state index contributed by atoms with van der Waals surface area (Å²) in [6, 6.07) is 4.96. The van der Waals surface area contributed by atoms with Crippen molar-refractivity contribution in [1.82, 2.24) is 10.2 Å². The SMILES string of the molecule is CNC(CN1CC(C)OC(C)C1)c1c(C)cc(C)cc1C. The van der Waals surface area contributed by atoms with Crippen LogP contribution in [0.5, 0.6) is 0 Å². The summed E-state index contributed by atoms with van der Waals surface area (Å²) in [5.41, 5.74) is 5.58. The molecule has 1 aliphatic rings. The maximum absolute atomic E-state index is 5.84. The molecule has 1 aromatic rings. The number of benzene rings is 1. The molecule has 3 unspecified atom stereocenters. The molecule has 0 radical (unpaired) electrons. The van der Waals surface area contributed by atoms with Crippen LogP contribution in [0.25, 0.3) is 0 Å². The minimum absolute atomic E-state index is 0.325. The number of morpholine rings is 1. The highest BCUT2D eigenvalue weighted by atomic mass is 16.5. The van der Waals surface area contributed by atoms with Crippen molar-refractivity contribution < 1.29 is 4.74 Å². The second-order valence-corrected chi connectivity index (χ2v) is 6.63. The number of ether oxygens (including phenoxy) is 1. The molecule has 1 aromatic carbocycles. The molecule has 0 aliphatic carbocycles. The third kappa shape index (κ3) is 4.06. The molecule has 0 amide bonds. The first-order valence-corrected chi connectivity index (χ1v) is 8.03. The van der Waals surface area contributed by atoms with Crippen LogP contribution in [0, 0.1) is 20.8 Å². The van der Waals surface area contributed by atoms with E-state index in [1.54, 1.807) is 0 Å². The molecule has 118 valence electrons. The van der Waals surface area contributed by atoms with Gasteiger partial charge >= 0.3 is 0 Å². The van der Waals surface area contributed by atoms with Gasteiger partial charge in [-0.2, -0.15) is 0 Å². The van der Waals surface area contributed by atoms with E-state index < -0.39 is 0 Å². The summed E-state index contributed by atoms with van der Waals surface area (Å²) in [7, 11) is 2.07. The van der Waals surface area contributed by atoms with Crippen molar-refractivity contribution in [2.24, 2.45) is 0 Å². The lowest BCUT2D eigenvalue weighted by Gasteiger charge is -2.37. The Morgan fingerprint density at radius 3 is 2.14 bits per heavy atom. The summed E-state index contributed by atoms with van der Waals surface area (Å²) in [6.45, 7) is 14.0. The molecule has 21 heavy (non-hydrogen) atoms. The Hall–Kier alpha value is -0.900. The summed E-state index contributed by atoms with van der Waals surface area (Å²) in [6.07, 6.45) is 0.651. The topological polar surface area (TPSA) is 24.5 Å². The van der Waals surface area contributed by atoms with Crippen molar-refractivity contribution in [2.75, 3.05) is 26.7 Å². The Labute approximate surface area is 129 Å². The van der Waals surface area contributed by atoms with Crippen molar-refractivity contribution in [1.29, 1.82) is 0 Å². The fraction of sp³-hybridized carbons (Fsp3) is 0.667. The van der Waals surface area contributed by atoms with Gasteiger partial charge in [0.1, 0.15) is 0 Å². The standard InChI is InChI=1S/C18H30N2O/c1-12-7-13(2)18(14(3)8-12)17(19-6)11-20-9-15(4)21-16(5)10-20/h7-8,15-17,19H,9-11H2,1-6H3. The van der Waals surface area contributed by atoms with E-state index in [-0.39, 0.29) is 0 Å². The highest BCUT2D eigenvalue weighted by molar-refractivity contribution is 5.39. The average molecular weight is 290 g/mol. The fourth-order valence-electron chi connectivity index (χ4n) is 3.76. The van der Waals surface area contributed by atoms with E-state index in [1.807, 2.05) is 0 Å². The van der Waals surface area contributed by atoms with Crippen LogP contribution in [-0.4, -0.2) is 43.8 Å². The Balaban J connectivity index is 2.17. The van der Waals surface area contributed by atoms with Gasteiger partial charge in [0.25, 0.3) is 0 Å². The molecule has 3 nitrogen and oxygen atoms in total. The van der Waals surface area contributed by atoms with Gasteiger partial charge < -0.3 is 10.1 Å². The number of aryl methyl sites for hydroxylation is 3. The van der Waals surface area contributed by atoms with Crippen molar-refractivity contribution in [3.63, 3.8) is 0 Å². The smallest absolute Gasteiger partial charge is 0.0678 e. The van der Waals surface area contributed by atoms with Gasteiger partial charge in [0, 0.05) is 25.7 Å². The highest BCUT2D eigenvalue weighted by Gasteiger charge is 2.25. The molecule has 0 saturated carbocycles. The second-order valence-electron chi connectivity index (χ2n) is 6.63. The number of nitrogens with one attached hydrogen (secondary N) is 1. The molecule has 3 atom stereocenters. The molecule has 0 aromatic heterocycles. The van der Waals surface area contributed by atoms with Crippen molar-refractivity contribution in [2.45, 2.75) is 52.9 Å². The van der Waals surface area contributed by atoms with Crippen LogP contribution >= 0.6 is 0 Å². The van der Waals surface area contributed by atoms with E-state index in [2.05, 4.69) is 64.0 Å². The van der Waals surface area contributed by atoms with Crippen LogP contribution in [0.2, 0.25) is 0 Å². The van der Waals surface area contributed by atoms with Gasteiger partial charge in [-0.25, -0.2) is 0 Å². The van der Waals surface area contributed by atoms with Crippen LogP contribution in [0.3, 0.4) is 0 Å². The minimum Gasteiger partial charge on any atom is -0.373 e. The second kappa shape index (κ2) is 6.91. The zero-order valence-electron chi connectivity index (χ0n) is 14.4. The Morgan fingerprint density at radius 1 is 1.14 bits per heavy atom. The molecule has 1 aliphatic heterocycles. The summed E-state index contributed by atoms with van der Waals surface area (Å²) in [5, 5.41) is 3.51. The third-order valence-electron chi connectivity index (χ3n) is 4.37. The molecule has 1 fully saturated rings. The monoisotopic (exact) mass is 290 g/mol. The normalized spacial score (nSPS) is 25.0. The Kier molecular flexibility index (Phi) is 5.42. The van der Waals surface area contributed by atoms with E-state index >= 15 is 0 Å². The number of hydrogen-bond acceptors (Lipinski definition) is 3. The largest absolute Gasteiger partial charge is 0.373 e. The van der Waals surface area contributed by atoms with Gasteiger partial charge in [-0.15, -0.1) is 0 Å². The predicted molar refractivity (Wildman–Crippen MR) is 88.9 cm³/mol.